The van der Waals surface area contributed by atoms with Gasteiger partial charge in [0, 0.05) is 17.1 Å². The van der Waals surface area contributed by atoms with Crippen LogP contribution in [-0.2, 0) is 9.59 Å². The van der Waals surface area contributed by atoms with Gasteiger partial charge in [0.2, 0.25) is 0 Å². The van der Waals surface area contributed by atoms with Crippen molar-refractivity contribution in [3.05, 3.63) is 87.0 Å². The molecule has 0 atom stereocenters. The van der Waals surface area contributed by atoms with Crippen molar-refractivity contribution in [2.24, 2.45) is 0 Å². The zero-order chi connectivity index (χ0) is 24.0. The normalized spacial score (nSPS) is 15.4. The van der Waals surface area contributed by atoms with Crippen molar-refractivity contribution < 1.29 is 14.0 Å². The summed E-state index contributed by atoms with van der Waals surface area (Å²) in [5, 5.41) is 2.30. The van der Waals surface area contributed by atoms with Gasteiger partial charge in [0.15, 0.2) is 5.11 Å². The molecule has 1 aliphatic rings. The molecule has 1 aromatic heterocycles. The fourth-order valence-electron chi connectivity index (χ4n) is 3.94. The lowest BCUT2D eigenvalue weighted by Gasteiger charge is -2.29. The van der Waals surface area contributed by atoms with E-state index in [0.717, 1.165) is 44.7 Å². The number of aromatic nitrogens is 1. The number of nitrogens with one attached hydrogen (secondary N) is 1. The summed E-state index contributed by atoms with van der Waals surface area (Å²) in [6.45, 7) is 7.98. The average Bonchev–Trinajstić information content (AvgIpc) is 3.02. The predicted molar refractivity (Wildman–Crippen MR) is 132 cm³/mol. The van der Waals surface area contributed by atoms with E-state index in [4.69, 9.17) is 23.8 Å². The minimum atomic E-state index is -0.616. The molecule has 2 heterocycles. The first kappa shape index (κ1) is 22.9. The van der Waals surface area contributed by atoms with Gasteiger partial charge >= 0.3 is 0 Å². The number of aryl methyl sites for hydroxylation is 3. The van der Waals surface area contributed by atoms with Crippen LogP contribution in [0.2, 0.25) is 5.02 Å². The molecule has 168 valence electrons. The third kappa shape index (κ3) is 4.10. The molecule has 1 fully saturated rings. The molecule has 1 saturated heterocycles. The summed E-state index contributed by atoms with van der Waals surface area (Å²) in [4.78, 5) is 27.1. The number of hydrogen-bond donors (Lipinski definition) is 1. The second-order valence-corrected chi connectivity index (χ2v) is 8.80. The van der Waals surface area contributed by atoms with E-state index in [-0.39, 0.29) is 21.4 Å². The molecule has 0 bridgehead atoms. The summed E-state index contributed by atoms with van der Waals surface area (Å²) in [6.07, 6.45) is 1.56. The highest BCUT2D eigenvalue weighted by Gasteiger charge is 2.35. The molecule has 1 aliphatic heterocycles. The highest BCUT2D eigenvalue weighted by Crippen LogP contribution is 2.29. The second-order valence-electron chi connectivity index (χ2n) is 8.01. The molecule has 1 N–H and O–H groups in total. The molecule has 0 spiro atoms. The molecule has 0 radical (unpaired) electrons. The van der Waals surface area contributed by atoms with E-state index in [0.29, 0.717) is 0 Å². The van der Waals surface area contributed by atoms with E-state index in [9.17, 15) is 14.0 Å². The first-order valence-electron chi connectivity index (χ1n) is 10.2. The lowest BCUT2D eigenvalue weighted by Crippen LogP contribution is -2.54. The SMILES string of the molecule is Cc1ccc(C)c(-n2c(C)cc(/C=C3\C(=O)NC(=S)N(c4ccc(F)c(Cl)c4)C3=O)c2C)c1. The molecule has 2 amide bonds. The Bertz CT molecular complexity index is 1380. The molecule has 2 aromatic carbocycles. The van der Waals surface area contributed by atoms with Gasteiger partial charge in [-0.05, 0) is 93.0 Å². The molecule has 33 heavy (non-hydrogen) atoms. The number of carbonyl (C=O) groups is 2. The third-order valence-electron chi connectivity index (χ3n) is 5.64. The van der Waals surface area contributed by atoms with Gasteiger partial charge in [-0.3, -0.25) is 19.8 Å². The van der Waals surface area contributed by atoms with E-state index in [1.807, 2.05) is 33.8 Å². The zero-order valence-electron chi connectivity index (χ0n) is 18.5. The van der Waals surface area contributed by atoms with Gasteiger partial charge in [-0.25, -0.2) is 4.39 Å². The van der Waals surface area contributed by atoms with Crippen molar-refractivity contribution in [3.63, 3.8) is 0 Å². The molecular formula is C25H21ClFN3O2S. The molecular weight excluding hydrogens is 461 g/mol. The van der Waals surface area contributed by atoms with Crippen LogP contribution in [0.5, 0.6) is 0 Å². The summed E-state index contributed by atoms with van der Waals surface area (Å²) in [7, 11) is 0. The van der Waals surface area contributed by atoms with Crippen LogP contribution in [0.25, 0.3) is 11.8 Å². The van der Waals surface area contributed by atoms with Crippen molar-refractivity contribution in [2.45, 2.75) is 27.7 Å². The van der Waals surface area contributed by atoms with Gasteiger partial charge < -0.3 is 4.57 Å². The predicted octanol–water partition coefficient (Wildman–Crippen LogP) is 5.33. The van der Waals surface area contributed by atoms with Crippen molar-refractivity contribution in [1.82, 2.24) is 9.88 Å². The van der Waals surface area contributed by atoms with Crippen molar-refractivity contribution in [1.29, 1.82) is 0 Å². The maximum absolute atomic E-state index is 13.6. The van der Waals surface area contributed by atoms with E-state index < -0.39 is 17.6 Å². The summed E-state index contributed by atoms with van der Waals surface area (Å²) in [5.41, 5.74) is 6.06. The topological polar surface area (TPSA) is 54.3 Å². The molecule has 0 saturated carbocycles. The largest absolute Gasteiger partial charge is 0.318 e. The van der Waals surface area contributed by atoms with Crippen molar-refractivity contribution >= 4 is 52.5 Å². The van der Waals surface area contributed by atoms with Crippen molar-refractivity contribution in [2.75, 3.05) is 4.90 Å². The third-order valence-corrected chi connectivity index (χ3v) is 6.21. The average molecular weight is 482 g/mol. The highest BCUT2D eigenvalue weighted by atomic mass is 35.5. The molecule has 8 heteroatoms. The van der Waals surface area contributed by atoms with Gasteiger partial charge in [0.05, 0.1) is 10.7 Å². The zero-order valence-corrected chi connectivity index (χ0v) is 20.1. The summed E-state index contributed by atoms with van der Waals surface area (Å²) in [6, 6.07) is 12.0. The number of nitrogens with zero attached hydrogens (tertiary/aromatic N) is 2. The molecule has 5 nitrogen and oxygen atoms in total. The Balaban J connectivity index is 1.79. The first-order valence-corrected chi connectivity index (χ1v) is 11.0. The van der Waals surface area contributed by atoms with Gasteiger partial charge in [0.25, 0.3) is 11.8 Å². The maximum Gasteiger partial charge on any atom is 0.270 e. The van der Waals surface area contributed by atoms with Crippen LogP contribution in [0, 0.1) is 33.5 Å². The van der Waals surface area contributed by atoms with Gasteiger partial charge in [-0.15, -0.1) is 0 Å². The van der Waals surface area contributed by atoms with Crippen LogP contribution < -0.4 is 10.2 Å². The number of hydrogen-bond acceptors (Lipinski definition) is 3. The Hall–Kier alpha value is -3.29. The smallest absolute Gasteiger partial charge is 0.270 e. The second kappa shape index (κ2) is 8.57. The van der Waals surface area contributed by atoms with Gasteiger partial charge in [-0.2, -0.15) is 0 Å². The van der Waals surface area contributed by atoms with Crippen LogP contribution in [0.4, 0.5) is 10.1 Å². The van der Waals surface area contributed by atoms with Crippen LogP contribution in [0.15, 0.2) is 48.0 Å². The minimum absolute atomic E-state index is 0.0785. The number of carbonyl (C=O) groups excluding carboxylic acids is 2. The standard InChI is InChI=1S/C25H21ClFN3O2S/c1-13-5-6-14(2)22(9-13)29-15(3)10-17(16(29)4)11-19-23(31)28-25(33)30(24(19)32)18-7-8-21(27)20(26)12-18/h5-12H,1-4H3,(H,28,31,33)/b19-11+. The van der Waals surface area contributed by atoms with Gasteiger partial charge in [-0.1, -0.05) is 23.7 Å². The minimum Gasteiger partial charge on any atom is -0.318 e. The number of amides is 2. The number of halogens is 2. The molecule has 0 aliphatic carbocycles. The number of rotatable bonds is 3. The number of anilines is 1. The fraction of sp³-hybridized carbons (Fsp3) is 0.160. The lowest BCUT2D eigenvalue weighted by atomic mass is 10.1. The Labute approximate surface area is 201 Å². The number of benzene rings is 2. The van der Waals surface area contributed by atoms with E-state index in [1.165, 1.54) is 12.1 Å². The molecule has 3 aromatic rings. The molecule has 4 rings (SSSR count). The monoisotopic (exact) mass is 481 g/mol. The van der Waals surface area contributed by atoms with Crippen LogP contribution in [-0.4, -0.2) is 21.5 Å². The Kier molecular flexibility index (Phi) is 5.95. The quantitative estimate of drug-likeness (QED) is 0.312. The van der Waals surface area contributed by atoms with Gasteiger partial charge in [0.1, 0.15) is 11.4 Å². The van der Waals surface area contributed by atoms with E-state index in [2.05, 4.69) is 28.1 Å². The lowest BCUT2D eigenvalue weighted by molar-refractivity contribution is -0.122. The highest BCUT2D eigenvalue weighted by molar-refractivity contribution is 7.80. The molecule has 0 unspecified atom stereocenters. The maximum atomic E-state index is 13.6. The van der Waals surface area contributed by atoms with Crippen LogP contribution in [0.1, 0.15) is 28.1 Å². The Morgan fingerprint density at radius 1 is 1.03 bits per heavy atom. The Morgan fingerprint density at radius 2 is 1.76 bits per heavy atom. The van der Waals surface area contributed by atoms with Crippen LogP contribution >= 0.6 is 23.8 Å². The fourth-order valence-corrected chi connectivity index (χ4v) is 4.39. The van der Waals surface area contributed by atoms with E-state index >= 15 is 0 Å². The summed E-state index contributed by atoms with van der Waals surface area (Å²) in [5.74, 6) is -1.82. The first-order chi connectivity index (χ1) is 15.6. The summed E-state index contributed by atoms with van der Waals surface area (Å²) >= 11 is 11.1. The number of thiocarbonyl (C=S) groups is 1. The van der Waals surface area contributed by atoms with E-state index in [1.54, 1.807) is 6.08 Å². The summed E-state index contributed by atoms with van der Waals surface area (Å²) < 4.78 is 15.7. The van der Waals surface area contributed by atoms with Crippen molar-refractivity contribution in [3.8, 4) is 5.69 Å². The van der Waals surface area contributed by atoms with Crippen LogP contribution in [0.3, 0.4) is 0 Å². The Morgan fingerprint density at radius 3 is 2.45 bits per heavy atom.